The molecular weight excluding hydrogens is 763 g/mol. The second-order valence-electron chi connectivity index (χ2n) is 9.76. The molecule has 0 aromatic heterocycles. The molecule has 0 aliphatic carbocycles. The molecule has 0 spiro atoms. The van der Waals surface area contributed by atoms with Crippen molar-refractivity contribution in [3.05, 3.63) is 211 Å². The van der Waals surface area contributed by atoms with E-state index in [0.29, 0.717) is 42.9 Å². The topological polar surface area (TPSA) is 51.2 Å². The van der Waals surface area contributed by atoms with Crippen molar-refractivity contribution in [1.29, 1.82) is 0 Å². The van der Waals surface area contributed by atoms with Crippen LogP contribution in [0.15, 0.2) is 152 Å². The summed E-state index contributed by atoms with van der Waals surface area (Å²) in [6.45, 7) is 0. The summed E-state index contributed by atoms with van der Waals surface area (Å²) in [5, 5.41) is 2.17. The molecule has 0 radical (unpaired) electrons. The number of benzene rings is 6. The summed E-state index contributed by atoms with van der Waals surface area (Å²) in [5.74, 6) is -1.07. The molecule has 0 aliphatic heterocycles. The third-order valence-electron chi connectivity index (χ3n) is 6.23. The number of hydrogen-bond acceptors (Lipinski definition) is 3. The molecule has 264 valence electrons. The molecular formula is C40H30Cl5F3O3. The predicted octanol–water partition coefficient (Wildman–Crippen LogP) is 13.3. The van der Waals surface area contributed by atoms with E-state index in [4.69, 9.17) is 58.0 Å². The molecule has 0 atom stereocenters. The fraction of sp³-hybridized carbons (Fsp3) is 0.0250. The van der Waals surface area contributed by atoms with Crippen LogP contribution in [0.5, 0.6) is 0 Å². The van der Waals surface area contributed by atoms with Gasteiger partial charge in [-0.25, -0.2) is 8.78 Å². The van der Waals surface area contributed by atoms with Crippen molar-refractivity contribution in [2.75, 3.05) is 0 Å². The van der Waals surface area contributed by atoms with Crippen LogP contribution in [0.2, 0.25) is 20.1 Å². The Kier molecular flexibility index (Phi) is 20.2. The van der Waals surface area contributed by atoms with Crippen LogP contribution in [-0.2, 0) is 0 Å². The van der Waals surface area contributed by atoms with Crippen LogP contribution in [0.25, 0.3) is 0 Å². The lowest BCUT2D eigenvalue weighted by Crippen LogP contribution is -2.01. The normalized spacial score (nSPS) is 9.39. The van der Waals surface area contributed by atoms with Crippen molar-refractivity contribution in [3.63, 3.8) is 0 Å². The molecule has 0 heterocycles. The van der Waals surface area contributed by atoms with E-state index >= 15 is 0 Å². The van der Waals surface area contributed by atoms with Gasteiger partial charge in [0.2, 0.25) is 0 Å². The van der Waals surface area contributed by atoms with Gasteiger partial charge in [0, 0.05) is 47.9 Å². The van der Waals surface area contributed by atoms with E-state index in [-0.39, 0.29) is 23.7 Å². The van der Waals surface area contributed by atoms with Crippen LogP contribution in [0, 0.1) is 11.6 Å². The summed E-state index contributed by atoms with van der Waals surface area (Å²) in [4.78, 5) is 34.3. The Labute approximate surface area is 319 Å². The van der Waals surface area contributed by atoms with E-state index in [1.807, 2.05) is 30.3 Å². The second-order valence-corrected chi connectivity index (χ2v) is 11.9. The van der Waals surface area contributed by atoms with Gasteiger partial charge < -0.3 is 0 Å². The third kappa shape index (κ3) is 16.0. The Morgan fingerprint density at radius 1 is 0.373 bits per heavy atom. The highest BCUT2D eigenvalue weighted by Crippen LogP contribution is 2.16. The lowest BCUT2D eigenvalue weighted by molar-refractivity contribution is 0.103. The van der Waals surface area contributed by atoms with Crippen molar-refractivity contribution < 1.29 is 27.9 Å². The van der Waals surface area contributed by atoms with Gasteiger partial charge in [0.15, 0.2) is 11.6 Å². The summed E-state index contributed by atoms with van der Waals surface area (Å²) in [5.41, 5.74) is 2.46. The average Bonchev–Trinajstić information content (AvgIpc) is 3.10. The number of ketones is 2. The zero-order chi connectivity index (χ0) is 35.8. The number of carbonyl (C=O) groups is 3. The SMILES string of the molecule is C.Clc1ccccc1.F.O=C(Cl)c1ccc(Cl)cc1.O=C(c1ccc(Cl)cc1)c1ccc(Cl)cc1.O=C(c1ccc(F)cc1)c1ccc(F)cc1. The van der Waals surface area contributed by atoms with Gasteiger partial charge in [-0.05, 0) is 145 Å². The van der Waals surface area contributed by atoms with Crippen LogP contribution in [0.3, 0.4) is 0 Å². The van der Waals surface area contributed by atoms with Crippen molar-refractivity contribution >= 4 is 74.8 Å². The summed E-state index contributed by atoms with van der Waals surface area (Å²) >= 11 is 27.8. The molecule has 0 N–H and O–H groups in total. The second kappa shape index (κ2) is 23.1. The molecule has 0 unspecified atom stereocenters. The maximum Gasteiger partial charge on any atom is 0.252 e. The minimum Gasteiger partial charge on any atom is -0.289 e. The lowest BCUT2D eigenvalue weighted by Gasteiger charge is -2.01. The van der Waals surface area contributed by atoms with Gasteiger partial charge in [0.25, 0.3) is 5.24 Å². The largest absolute Gasteiger partial charge is 0.289 e. The third-order valence-corrected chi connectivity index (χ3v) is 7.46. The number of halogens is 8. The van der Waals surface area contributed by atoms with E-state index < -0.39 is 16.9 Å². The summed E-state index contributed by atoms with van der Waals surface area (Å²) in [6.07, 6.45) is 0. The molecule has 6 aromatic rings. The minimum atomic E-state index is -0.461. The standard InChI is InChI=1S/C13H8Cl2O.C13H8F2O.C7H4Cl2O.C6H5Cl.CH4.FH/c2*14-11-5-1-9(2-6-11)13(16)10-3-7-12(15)8-4-10;8-6-3-1-5(2-4-6)7(9)10;7-6-4-2-1-3-5-6;;/h2*1-8H;1-4H;1-5H;1H4;1H. The van der Waals surface area contributed by atoms with Gasteiger partial charge >= 0.3 is 0 Å². The number of hydrogen-bond donors (Lipinski definition) is 0. The van der Waals surface area contributed by atoms with Gasteiger partial charge in [-0.15, -0.1) is 0 Å². The molecule has 6 aromatic carbocycles. The van der Waals surface area contributed by atoms with Gasteiger partial charge in [-0.3, -0.25) is 19.1 Å². The molecule has 0 bridgehead atoms. The predicted molar refractivity (Wildman–Crippen MR) is 205 cm³/mol. The van der Waals surface area contributed by atoms with Gasteiger partial charge in [-0.2, -0.15) is 0 Å². The highest BCUT2D eigenvalue weighted by molar-refractivity contribution is 6.67. The van der Waals surface area contributed by atoms with Gasteiger partial charge in [0.1, 0.15) is 11.6 Å². The summed E-state index contributed by atoms with van der Waals surface area (Å²) in [6, 6.07) is 40.0. The van der Waals surface area contributed by atoms with E-state index in [1.54, 1.807) is 72.8 Å². The van der Waals surface area contributed by atoms with Crippen molar-refractivity contribution in [2.24, 2.45) is 0 Å². The Morgan fingerprint density at radius 3 is 0.843 bits per heavy atom. The van der Waals surface area contributed by atoms with E-state index in [2.05, 4.69) is 0 Å². The number of rotatable bonds is 5. The monoisotopic (exact) mass is 790 g/mol. The van der Waals surface area contributed by atoms with Crippen LogP contribution in [-0.4, -0.2) is 16.8 Å². The molecule has 3 nitrogen and oxygen atoms in total. The molecule has 6 rings (SSSR count). The van der Waals surface area contributed by atoms with Crippen LogP contribution < -0.4 is 0 Å². The first-order valence-electron chi connectivity index (χ1n) is 14.2. The van der Waals surface area contributed by atoms with E-state index in [9.17, 15) is 23.2 Å². The highest BCUT2D eigenvalue weighted by Gasteiger charge is 2.09. The molecule has 0 saturated carbocycles. The summed E-state index contributed by atoms with van der Waals surface area (Å²) < 4.78 is 25.3. The molecule has 0 fully saturated rings. The van der Waals surface area contributed by atoms with Gasteiger partial charge in [0.05, 0.1) is 0 Å². The van der Waals surface area contributed by atoms with Crippen molar-refractivity contribution in [3.8, 4) is 0 Å². The Hall–Kier alpha value is -4.43. The van der Waals surface area contributed by atoms with Crippen LogP contribution in [0.1, 0.15) is 49.6 Å². The first kappa shape index (κ1) is 44.6. The number of carbonyl (C=O) groups excluding carboxylic acids is 3. The van der Waals surface area contributed by atoms with Crippen LogP contribution >= 0.6 is 58.0 Å². The Bertz CT molecular complexity index is 1740. The zero-order valence-electron chi connectivity index (χ0n) is 25.7. The lowest BCUT2D eigenvalue weighted by atomic mass is 10.0. The molecule has 51 heavy (non-hydrogen) atoms. The van der Waals surface area contributed by atoms with Gasteiger partial charge in [-0.1, -0.05) is 72.0 Å². The minimum absolute atomic E-state index is 0. The maximum atomic E-state index is 12.6. The van der Waals surface area contributed by atoms with Crippen LogP contribution in [0.4, 0.5) is 13.5 Å². The first-order chi connectivity index (χ1) is 23.4. The molecule has 11 heteroatoms. The van der Waals surface area contributed by atoms with E-state index in [0.717, 1.165) is 5.02 Å². The molecule has 0 saturated heterocycles. The fourth-order valence-electron chi connectivity index (χ4n) is 3.73. The maximum absolute atomic E-state index is 12.6. The fourth-order valence-corrected chi connectivity index (χ4v) is 4.38. The molecule has 0 amide bonds. The Balaban J connectivity index is 0.000000350. The smallest absolute Gasteiger partial charge is 0.252 e. The summed E-state index contributed by atoms with van der Waals surface area (Å²) in [7, 11) is 0. The average molecular weight is 793 g/mol. The molecule has 0 aliphatic rings. The van der Waals surface area contributed by atoms with Crippen molar-refractivity contribution in [2.45, 2.75) is 7.43 Å². The zero-order valence-corrected chi connectivity index (χ0v) is 29.5. The Morgan fingerprint density at radius 2 is 0.608 bits per heavy atom. The first-order valence-corrected chi connectivity index (χ1v) is 16.1. The van der Waals surface area contributed by atoms with E-state index in [1.165, 1.54) is 48.5 Å². The quantitative estimate of drug-likeness (QED) is 0.129. The highest BCUT2D eigenvalue weighted by atomic mass is 35.5. The van der Waals surface area contributed by atoms with Crippen molar-refractivity contribution in [1.82, 2.24) is 0 Å².